The molecule has 0 aromatic heterocycles. The molecule has 110 valence electrons. The molecule has 1 unspecified atom stereocenters. The van der Waals surface area contributed by atoms with Gasteiger partial charge in [-0.3, -0.25) is 9.69 Å². The second-order valence-corrected chi connectivity index (χ2v) is 6.24. The zero-order valence-electron chi connectivity index (χ0n) is 11.7. The topological polar surface area (TPSA) is 29.5 Å². The Labute approximate surface area is 127 Å². The van der Waals surface area contributed by atoms with Crippen LogP contribution in [-0.2, 0) is 16.0 Å². The third kappa shape index (κ3) is 3.87. The zero-order chi connectivity index (χ0) is 14.7. The minimum absolute atomic E-state index is 0.0587. The quantitative estimate of drug-likeness (QED) is 0.841. The van der Waals surface area contributed by atoms with Gasteiger partial charge in [-0.1, -0.05) is 22.0 Å². The number of benzene rings is 1. The SMILES string of the molecule is CC(C)N1CCOC(C(=O)Cc2ccc(Br)cc2F)C1. The van der Waals surface area contributed by atoms with Gasteiger partial charge in [0.15, 0.2) is 5.78 Å². The summed E-state index contributed by atoms with van der Waals surface area (Å²) in [5.41, 5.74) is 0.420. The lowest BCUT2D eigenvalue weighted by atomic mass is 10.0. The standard InChI is InChI=1S/C15H19BrFNO2/c1-10(2)18-5-6-20-15(9-18)14(19)7-11-3-4-12(16)8-13(11)17/h3-4,8,10,15H,5-7,9H2,1-2H3. The van der Waals surface area contributed by atoms with E-state index < -0.39 is 6.10 Å². The predicted octanol–water partition coefficient (Wildman–Crippen LogP) is 2.81. The van der Waals surface area contributed by atoms with Crippen molar-refractivity contribution in [2.24, 2.45) is 0 Å². The van der Waals surface area contributed by atoms with Crippen LogP contribution in [0.5, 0.6) is 0 Å². The number of carbonyl (C=O) groups is 1. The van der Waals surface area contributed by atoms with E-state index in [-0.39, 0.29) is 18.0 Å². The van der Waals surface area contributed by atoms with Crippen LogP contribution in [-0.4, -0.2) is 42.5 Å². The van der Waals surface area contributed by atoms with E-state index in [1.54, 1.807) is 12.1 Å². The number of nitrogens with zero attached hydrogens (tertiary/aromatic N) is 1. The summed E-state index contributed by atoms with van der Waals surface area (Å²) in [5.74, 6) is -0.416. The fourth-order valence-electron chi connectivity index (χ4n) is 2.30. The molecule has 1 atom stereocenters. The van der Waals surface area contributed by atoms with Gasteiger partial charge < -0.3 is 4.74 Å². The Hall–Kier alpha value is -0.780. The molecular weight excluding hydrogens is 325 g/mol. The third-order valence-electron chi connectivity index (χ3n) is 3.57. The van der Waals surface area contributed by atoms with Crippen LogP contribution in [0.2, 0.25) is 0 Å². The molecule has 0 radical (unpaired) electrons. The first-order valence-corrected chi connectivity index (χ1v) is 7.59. The molecule has 3 nitrogen and oxygen atoms in total. The molecule has 2 rings (SSSR count). The van der Waals surface area contributed by atoms with Gasteiger partial charge in [-0.05, 0) is 31.5 Å². The number of Topliss-reactive ketones (excluding diaryl/α,β-unsaturated/α-hetero) is 1. The van der Waals surface area contributed by atoms with Crippen LogP contribution < -0.4 is 0 Å². The van der Waals surface area contributed by atoms with Crippen molar-refractivity contribution in [2.45, 2.75) is 32.4 Å². The molecule has 0 aliphatic carbocycles. The van der Waals surface area contributed by atoms with Gasteiger partial charge in [-0.25, -0.2) is 4.39 Å². The summed E-state index contributed by atoms with van der Waals surface area (Å²) in [7, 11) is 0. The molecule has 1 aromatic rings. The highest BCUT2D eigenvalue weighted by Crippen LogP contribution is 2.18. The maximum atomic E-state index is 13.7. The maximum absolute atomic E-state index is 13.7. The van der Waals surface area contributed by atoms with Crippen molar-refractivity contribution in [3.63, 3.8) is 0 Å². The summed E-state index contributed by atoms with van der Waals surface area (Å²) in [6.45, 7) is 6.18. The van der Waals surface area contributed by atoms with Gasteiger partial charge in [0.1, 0.15) is 11.9 Å². The molecule has 0 saturated carbocycles. The van der Waals surface area contributed by atoms with Crippen molar-refractivity contribution < 1.29 is 13.9 Å². The minimum Gasteiger partial charge on any atom is -0.368 e. The molecule has 20 heavy (non-hydrogen) atoms. The first-order valence-electron chi connectivity index (χ1n) is 6.79. The van der Waals surface area contributed by atoms with Crippen molar-refractivity contribution in [1.29, 1.82) is 0 Å². The van der Waals surface area contributed by atoms with Gasteiger partial charge in [0.05, 0.1) is 6.61 Å². The molecule has 1 aliphatic rings. The Balaban J connectivity index is 2.00. The van der Waals surface area contributed by atoms with E-state index >= 15 is 0 Å². The van der Waals surface area contributed by atoms with E-state index in [9.17, 15) is 9.18 Å². The van der Waals surface area contributed by atoms with E-state index in [1.807, 2.05) is 0 Å². The predicted molar refractivity (Wildman–Crippen MR) is 79.3 cm³/mol. The number of hydrogen-bond acceptors (Lipinski definition) is 3. The summed E-state index contributed by atoms with van der Waals surface area (Å²) in [6, 6.07) is 5.15. The fourth-order valence-corrected chi connectivity index (χ4v) is 2.63. The summed E-state index contributed by atoms with van der Waals surface area (Å²) >= 11 is 3.21. The fraction of sp³-hybridized carbons (Fsp3) is 0.533. The second-order valence-electron chi connectivity index (χ2n) is 5.33. The van der Waals surface area contributed by atoms with Crippen LogP contribution >= 0.6 is 15.9 Å². The molecule has 0 spiro atoms. The highest BCUT2D eigenvalue weighted by molar-refractivity contribution is 9.10. The van der Waals surface area contributed by atoms with E-state index in [0.717, 1.165) is 6.54 Å². The van der Waals surface area contributed by atoms with Gasteiger partial charge >= 0.3 is 0 Å². The van der Waals surface area contributed by atoms with Crippen LogP contribution in [0.15, 0.2) is 22.7 Å². The smallest absolute Gasteiger partial charge is 0.167 e. The summed E-state index contributed by atoms with van der Waals surface area (Å²) < 4.78 is 20.0. The molecule has 1 saturated heterocycles. The van der Waals surface area contributed by atoms with E-state index in [4.69, 9.17) is 4.74 Å². The van der Waals surface area contributed by atoms with Crippen molar-refractivity contribution in [1.82, 2.24) is 4.90 Å². The van der Waals surface area contributed by atoms with Gasteiger partial charge in [-0.15, -0.1) is 0 Å². The lowest BCUT2D eigenvalue weighted by Gasteiger charge is -2.34. The molecule has 0 N–H and O–H groups in total. The number of rotatable bonds is 4. The van der Waals surface area contributed by atoms with Crippen molar-refractivity contribution in [3.05, 3.63) is 34.1 Å². The van der Waals surface area contributed by atoms with Gasteiger partial charge in [-0.2, -0.15) is 0 Å². The van der Waals surface area contributed by atoms with Crippen LogP contribution in [0.3, 0.4) is 0 Å². The average Bonchev–Trinajstić information content (AvgIpc) is 2.42. The highest BCUT2D eigenvalue weighted by Gasteiger charge is 2.28. The van der Waals surface area contributed by atoms with E-state index in [0.29, 0.717) is 29.2 Å². The summed E-state index contributed by atoms with van der Waals surface area (Å²) in [5, 5.41) is 0. The first kappa shape index (κ1) is 15.6. The average molecular weight is 344 g/mol. The first-order chi connectivity index (χ1) is 9.47. The van der Waals surface area contributed by atoms with Crippen molar-refractivity contribution in [3.8, 4) is 0 Å². The van der Waals surface area contributed by atoms with Gasteiger partial charge in [0.25, 0.3) is 0 Å². The zero-order valence-corrected chi connectivity index (χ0v) is 13.3. The van der Waals surface area contributed by atoms with Gasteiger partial charge in [0, 0.05) is 30.0 Å². The monoisotopic (exact) mass is 343 g/mol. The van der Waals surface area contributed by atoms with Crippen molar-refractivity contribution >= 4 is 21.7 Å². The van der Waals surface area contributed by atoms with Crippen LogP contribution in [0.25, 0.3) is 0 Å². The van der Waals surface area contributed by atoms with E-state index in [1.165, 1.54) is 6.07 Å². The molecule has 1 fully saturated rings. The summed E-state index contributed by atoms with van der Waals surface area (Å²) in [4.78, 5) is 14.5. The largest absolute Gasteiger partial charge is 0.368 e. The molecule has 1 aliphatic heterocycles. The number of ether oxygens (including phenoxy) is 1. The Morgan fingerprint density at radius 2 is 2.30 bits per heavy atom. The molecular formula is C15H19BrFNO2. The second kappa shape index (κ2) is 6.78. The van der Waals surface area contributed by atoms with Crippen LogP contribution in [0.4, 0.5) is 4.39 Å². The molecule has 0 bridgehead atoms. The Bertz CT molecular complexity index is 493. The van der Waals surface area contributed by atoms with Crippen LogP contribution in [0, 0.1) is 5.82 Å². The number of morpholine rings is 1. The van der Waals surface area contributed by atoms with Gasteiger partial charge in [0.2, 0.25) is 0 Å². The molecule has 5 heteroatoms. The number of carbonyl (C=O) groups excluding carboxylic acids is 1. The Morgan fingerprint density at radius 3 is 2.95 bits per heavy atom. The number of hydrogen-bond donors (Lipinski definition) is 0. The van der Waals surface area contributed by atoms with Crippen molar-refractivity contribution in [2.75, 3.05) is 19.7 Å². The number of ketones is 1. The third-order valence-corrected chi connectivity index (χ3v) is 4.06. The lowest BCUT2D eigenvalue weighted by molar-refractivity contribution is -0.136. The highest BCUT2D eigenvalue weighted by atomic mass is 79.9. The van der Waals surface area contributed by atoms with Crippen LogP contribution in [0.1, 0.15) is 19.4 Å². The lowest BCUT2D eigenvalue weighted by Crippen LogP contribution is -2.49. The summed E-state index contributed by atoms with van der Waals surface area (Å²) in [6.07, 6.45) is -0.371. The minimum atomic E-state index is -0.450. The normalized spacial score (nSPS) is 20.4. The Kier molecular flexibility index (Phi) is 5.29. The Morgan fingerprint density at radius 1 is 1.55 bits per heavy atom. The van der Waals surface area contributed by atoms with E-state index in [2.05, 4.69) is 34.7 Å². The maximum Gasteiger partial charge on any atom is 0.167 e. The molecule has 0 amide bonds. The molecule has 1 aromatic carbocycles. The number of halogens is 2. The molecule has 1 heterocycles.